The smallest absolute Gasteiger partial charge is 0.303 e. The number of ether oxygens (including phenoxy) is 1. The summed E-state index contributed by atoms with van der Waals surface area (Å²) >= 11 is 0. The summed E-state index contributed by atoms with van der Waals surface area (Å²) in [6.45, 7) is 15.8. The van der Waals surface area contributed by atoms with Crippen LogP contribution in [-0.4, -0.2) is 11.6 Å². The van der Waals surface area contributed by atoms with Crippen LogP contribution in [0.15, 0.2) is 47.6 Å². The zero-order valence-electron chi connectivity index (χ0n) is 16.6. The molecule has 24 heavy (non-hydrogen) atoms. The lowest BCUT2D eigenvalue weighted by atomic mass is 9.98. The molecule has 0 fully saturated rings. The Morgan fingerprint density at radius 2 is 1.42 bits per heavy atom. The normalized spacial score (nSPS) is 14.8. The second kappa shape index (κ2) is 11.9. The van der Waals surface area contributed by atoms with Gasteiger partial charge < -0.3 is 4.74 Å². The Morgan fingerprint density at radius 3 is 1.88 bits per heavy atom. The number of hydrogen-bond donors (Lipinski definition) is 0. The van der Waals surface area contributed by atoms with E-state index in [9.17, 15) is 4.79 Å². The van der Waals surface area contributed by atoms with Gasteiger partial charge in [-0.2, -0.15) is 0 Å². The minimum absolute atomic E-state index is 0.258. The minimum Gasteiger partial charge on any atom is -0.455 e. The number of hydrogen-bond acceptors (Lipinski definition) is 2. The van der Waals surface area contributed by atoms with E-state index in [4.69, 9.17) is 4.74 Å². The third-order valence-electron chi connectivity index (χ3n) is 4.06. The van der Waals surface area contributed by atoms with Gasteiger partial charge in [0.25, 0.3) is 0 Å². The van der Waals surface area contributed by atoms with Crippen LogP contribution >= 0.6 is 0 Å². The van der Waals surface area contributed by atoms with E-state index in [2.05, 4.69) is 52.5 Å². The zero-order valence-corrected chi connectivity index (χ0v) is 16.6. The van der Waals surface area contributed by atoms with E-state index >= 15 is 0 Å². The second-order valence-corrected chi connectivity index (χ2v) is 7.11. The third kappa shape index (κ3) is 11.9. The molecule has 0 N–H and O–H groups in total. The molecule has 0 rings (SSSR count). The zero-order chi connectivity index (χ0) is 18.6. The van der Waals surface area contributed by atoms with E-state index in [-0.39, 0.29) is 5.97 Å². The van der Waals surface area contributed by atoms with Crippen LogP contribution in [0, 0.1) is 0 Å². The molecule has 1 unspecified atom stereocenters. The first kappa shape index (κ1) is 22.4. The van der Waals surface area contributed by atoms with Crippen molar-refractivity contribution >= 4 is 5.97 Å². The molecule has 0 aromatic heterocycles. The maximum absolute atomic E-state index is 11.1. The molecule has 0 aliphatic carbocycles. The molecule has 0 saturated heterocycles. The molecule has 2 nitrogen and oxygen atoms in total. The van der Waals surface area contributed by atoms with E-state index < -0.39 is 5.60 Å². The molecular weight excluding hydrogens is 296 g/mol. The van der Waals surface area contributed by atoms with E-state index in [0.717, 1.165) is 38.5 Å². The van der Waals surface area contributed by atoms with Gasteiger partial charge in [-0.1, -0.05) is 41.5 Å². The van der Waals surface area contributed by atoms with Gasteiger partial charge in [-0.3, -0.25) is 4.79 Å². The van der Waals surface area contributed by atoms with Gasteiger partial charge in [-0.25, -0.2) is 0 Å². The predicted octanol–water partition coefficient (Wildman–Crippen LogP) is 6.69. The molecule has 0 radical (unpaired) electrons. The number of carbonyl (C=O) groups excluding carboxylic acids is 1. The fraction of sp³-hybridized carbons (Fsp3) is 0.591. The Labute approximate surface area is 149 Å². The summed E-state index contributed by atoms with van der Waals surface area (Å²) in [6.07, 6.45) is 14.7. The highest BCUT2D eigenvalue weighted by molar-refractivity contribution is 5.66. The summed E-state index contributed by atoms with van der Waals surface area (Å²) in [5.74, 6) is -0.258. The lowest BCUT2D eigenvalue weighted by Gasteiger charge is -2.24. The molecule has 0 aromatic carbocycles. The molecule has 136 valence electrons. The van der Waals surface area contributed by atoms with Gasteiger partial charge in [-0.15, -0.1) is 0 Å². The van der Waals surface area contributed by atoms with Crippen molar-refractivity contribution in [3.8, 4) is 0 Å². The number of carbonyl (C=O) groups is 1. The van der Waals surface area contributed by atoms with Crippen molar-refractivity contribution in [3.63, 3.8) is 0 Å². The van der Waals surface area contributed by atoms with Crippen molar-refractivity contribution in [2.24, 2.45) is 0 Å². The Kier molecular flexibility index (Phi) is 11.1. The molecule has 0 saturated carbocycles. The van der Waals surface area contributed by atoms with Gasteiger partial charge in [0.2, 0.25) is 0 Å². The van der Waals surface area contributed by atoms with Gasteiger partial charge >= 0.3 is 5.97 Å². The van der Waals surface area contributed by atoms with Crippen molar-refractivity contribution in [2.45, 2.75) is 85.7 Å². The van der Waals surface area contributed by atoms with Crippen molar-refractivity contribution in [2.75, 3.05) is 0 Å². The van der Waals surface area contributed by atoms with Crippen LogP contribution in [0.2, 0.25) is 0 Å². The van der Waals surface area contributed by atoms with Crippen molar-refractivity contribution in [3.05, 3.63) is 47.6 Å². The monoisotopic (exact) mass is 332 g/mol. The summed E-state index contributed by atoms with van der Waals surface area (Å²) in [5.41, 5.74) is 3.68. The molecule has 0 spiro atoms. The van der Waals surface area contributed by atoms with Gasteiger partial charge in [0.1, 0.15) is 5.60 Å². The van der Waals surface area contributed by atoms with E-state index in [1.807, 2.05) is 6.92 Å². The van der Waals surface area contributed by atoms with Crippen LogP contribution in [0.3, 0.4) is 0 Å². The first-order chi connectivity index (χ1) is 11.2. The molecular formula is C22H36O2. The Hall–Kier alpha value is -1.57. The van der Waals surface area contributed by atoms with Gasteiger partial charge in [0.15, 0.2) is 0 Å². The standard InChI is InChI=1S/C22H36O2/c1-8-22(7,24-21(6)23)17-11-16-20(5)15-10-14-19(4)13-9-12-18(2)3/h8,12,14,16H,1,9-11,13,15,17H2,2-7H3/b19-14+,20-16+. The maximum atomic E-state index is 11.1. The summed E-state index contributed by atoms with van der Waals surface area (Å²) in [7, 11) is 0. The first-order valence-corrected chi connectivity index (χ1v) is 8.96. The highest BCUT2D eigenvalue weighted by atomic mass is 16.6. The molecule has 0 aromatic rings. The Morgan fingerprint density at radius 1 is 0.917 bits per heavy atom. The van der Waals surface area contributed by atoms with Crippen molar-refractivity contribution in [1.29, 1.82) is 0 Å². The first-order valence-electron chi connectivity index (χ1n) is 8.96. The van der Waals surface area contributed by atoms with Crippen LogP contribution in [0.25, 0.3) is 0 Å². The van der Waals surface area contributed by atoms with Crippen LogP contribution in [0.5, 0.6) is 0 Å². The topological polar surface area (TPSA) is 26.3 Å². The Balaban J connectivity index is 4.21. The van der Waals surface area contributed by atoms with Crippen molar-refractivity contribution < 1.29 is 9.53 Å². The number of allylic oxidation sites excluding steroid dienone is 6. The molecule has 0 heterocycles. The third-order valence-corrected chi connectivity index (χ3v) is 4.06. The summed E-state index contributed by atoms with van der Waals surface area (Å²) < 4.78 is 5.34. The van der Waals surface area contributed by atoms with E-state index in [1.165, 1.54) is 23.6 Å². The number of esters is 1. The van der Waals surface area contributed by atoms with Gasteiger partial charge in [-0.05, 0) is 79.2 Å². The van der Waals surface area contributed by atoms with Crippen LogP contribution in [-0.2, 0) is 9.53 Å². The van der Waals surface area contributed by atoms with Crippen LogP contribution < -0.4 is 0 Å². The predicted molar refractivity (Wildman–Crippen MR) is 105 cm³/mol. The SMILES string of the molecule is C=CC(C)(CC/C=C(\C)CC/C=C(\C)CCC=C(C)C)OC(C)=O. The molecule has 0 bridgehead atoms. The highest BCUT2D eigenvalue weighted by Crippen LogP contribution is 2.21. The number of rotatable bonds is 11. The quantitative estimate of drug-likeness (QED) is 0.311. The van der Waals surface area contributed by atoms with Crippen LogP contribution in [0.4, 0.5) is 0 Å². The largest absolute Gasteiger partial charge is 0.455 e. The molecule has 0 amide bonds. The van der Waals surface area contributed by atoms with Crippen molar-refractivity contribution in [1.82, 2.24) is 0 Å². The van der Waals surface area contributed by atoms with Crippen LogP contribution in [0.1, 0.15) is 80.1 Å². The molecule has 1 atom stereocenters. The maximum Gasteiger partial charge on any atom is 0.303 e. The molecule has 0 aliphatic heterocycles. The summed E-state index contributed by atoms with van der Waals surface area (Å²) in [4.78, 5) is 11.1. The molecule has 0 aliphatic rings. The fourth-order valence-electron chi connectivity index (χ4n) is 2.47. The average molecular weight is 333 g/mol. The van der Waals surface area contributed by atoms with E-state index in [1.54, 1.807) is 6.08 Å². The minimum atomic E-state index is -0.565. The molecule has 2 heteroatoms. The van der Waals surface area contributed by atoms with E-state index in [0.29, 0.717) is 0 Å². The second-order valence-electron chi connectivity index (χ2n) is 7.11. The Bertz CT molecular complexity index is 490. The van der Waals surface area contributed by atoms with Gasteiger partial charge in [0, 0.05) is 6.92 Å². The lowest BCUT2D eigenvalue weighted by molar-refractivity contribution is -0.151. The fourth-order valence-corrected chi connectivity index (χ4v) is 2.47. The average Bonchev–Trinajstić information content (AvgIpc) is 2.46. The lowest BCUT2D eigenvalue weighted by Crippen LogP contribution is -2.27. The highest BCUT2D eigenvalue weighted by Gasteiger charge is 2.22. The summed E-state index contributed by atoms with van der Waals surface area (Å²) in [6, 6.07) is 0. The van der Waals surface area contributed by atoms with Gasteiger partial charge in [0.05, 0.1) is 0 Å². The summed E-state index contributed by atoms with van der Waals surface area (Å²) in [5, 5.41) is 0.